The third-order valence-corrected chi connectivity index (χ3v) is 3.09. The van der Waals surface area contributed by atoms with Crippen molar-refractivity contribution in [2.45, 2.75) is 13.5 Å². The highest BCUT2D eigenvalue weighted by Gasteiger charge is 2.05. The zero-order valence-electron chi connectivity index (χ0n) is 9.79. The van der Waals surface area contributed by atoms with Gasteiger partial charge in [-0.05, 0) is 24.8 Å². The van der Waals surface area contributed by atoms with E-state index in [0.717, 1.165) is 12.3 Å². The molecule has 2 nitrogen and oxygen atoms in total. The summed E-state index contributed by atoms with van der Waals surface area (Å²) in [6.45, 7) is 3.78. The van der Waals surface area contributed by atoms with Crippen molar-refractivity contribution < 1.29 is 0 Å². The van der Waals surface area contributed by atoms with E-state index >= 15 is 0 Å². The summed E-state index contributed by atoms with van der Waals surface area (Å²) in [5.41, 5.74) is 9.53. The summed E-state index contributed by atoms with van der Waals surface area (Å²) in [4.78, 5) is 2.28. The second-order valence-corrected chi connectivity index (χ2v) is 4.74. The molecule has 0 bridgehead atoms. The number of anilines is 1. The number of hydrogen-bond acceptors (Lipinski definition) is 3. The van der Waals surface area contributed by atoms with Gasteiger partial charge in [0.2, 0.25) is 0 Å². The predicted octanol–water partition coefficient (Wildman–Crippen LogP) is 2.25. The fraction of sp³-hybridized carbons (Fsp3) is 0.500. The van der Waals surface area contributed by atoms with Crippen LogP contribution in [0.2, 0.25) is 0 Å². The van der Waals surface area contributed by atoms with Crippen molar-refractivity contribution in [2.75, 3.05) is 30.5 Å². The Labute approximate surface area is 96.8 Å². The van der Waals surface area contributed by atoms with E-state index in [1.807, 2.05) is 11.8 Å². The molecule has 2 N–H and O–H groups in total. The van der Waals surface area contributed by atoms with Crippen molar-refractivity contribution in [2.24, 2.45) is 5.73 Å². The van der Waals surface area contributed by atoms with Crippen molar-refractivity contribution >= 4 is 17.4 Å². The summed E-state index contributed by atoms with van der Waals surface area (Å²) in [7, 11) is 2.13. The standard InChI is InChI=1S/C12H20N2S/c1-10-4-5-12(11(8-10)9-13)14(2)6-7-15-3/h4-5,8H,6-7,9,13H2,1-3H3. The lowest BCUT2D eigenvalue weighted by Crippen LogP contribution is -2.22. The van der Waals surface area contributed by atoms with Crippen LogP contribution in [0.15, 0.2) is 18.2 Å². The van der Waals surface area contributed by atoms with Gasteiger partial charge >= 0.3 is 0 Å². The molecule has 3 heteroatoms. The minimum atomic E-state index is 0.612. The molecule has 0 unspecified atom stereocenters. The number of hydrogen-bond donors (Lipinski definition) is 1. The Bertz CT molecular complexity index is 312. The Morgan fingerprint density at radius 2 is 2.13 bits per heavy atom. The molecule has 0 spiro atoms. The van der Waals surface area contributed by atoms with Gasteiger partial charge in [0.25, 0.3) is 0 Å². The maximum absolute atomic E-state index is 5.75. The Morgan fingerprint density at radius 1 is 1.40 bits per heavy atom. The van der Waals surface area contributed by atoms with Gasteiger partial charge in [0.15, 0.2) is 0 Å². The molecule has 0 saturated carbocycles. The first-order valence-corrected chi connectivity index (χ1v) is 6.58. The van der Waals surface area contributed by atoms with E-state index < -0.39 is 0 Å². The monoisotopic (exact) mass is 224 g/mol. The lowest BCUT2D eigenvalue weighted by Gasteiger charge is -2.22. The quantitative estimate of drug-likeness (QED) is 0.832. The highest BCUT2D eigenvalue weighted by atomic mass is 32.2. The second-order valence-electron chi connectivity index (χ2n) is 3.75. The van der Waals surface area contributed by atoms with Gasteiger partial charge < -0.3 is 10.6 Å². The zero-order valence-corrected chi connectivity index (χ0v) is 10.6. The number of aryl methyl sites for hydroxylation is 1. The van der Waals surface area contributed by atoms with E-state index in [1.54, 1.807) is 0 Å². The summed E-state index contributed by atoms with van der Waals surface area (Å²) in [6.07, 6.45) is 2.13. The summed E-state index contributed by atoms with van der Waals surface area (Å²) in [6, 6.07) is 6.48. The van der Waals surface area contributed by atoms with Gasteiger partial charge in [0, 0.05) is 31.6 Å². The molecule has 0 aromatic heterocycles. The van der Waals surface area contributed by atoms with E-state index in [-0.39, 0.29) is 0 Å². The molecule has 0 aliphatic heterocycles. The summed E-state index contributed by atoms with van der Waals surface area (Å²) in [5, 5.41) is 0. The van der Waals surface area contributed by atoms with Crippen molar-refractivity contribution in [1.82, 2.24) is 0 Å². The fourth-order valence-corrected chi connectivity index (χ4v) is 2.06. The first kappa shape index (κ1) is 12.4. The molecule has 1 aromatic rings. The van der Waals surface area contributed by atoms with Crippen LogP contribution in [-0.2, 0) is 6.54 Å². The maximum atomic E-state index is 5.75. The molecule has 0 fully saturated rings. The van der Waals surface area contributed by atoms with Crippen LogP contribution >= 0.6 is 11.8 Å². The smallest absolute Gasteiger partial charge is 0.0409 e. The minimum absolute atomic E-state index is 0.612. The molecular weight excluding hydrogens is 204 g/mol. The lowest BCUT2D eigenvalue weighted by molar-refractivity contribution is 0.947. The summed E-state index contributed by atoms with van der Waals surface area (Å²) >= 11 is 1.87. The molecule has 0 atom stereocenters. The van der Waals surface area contributed by atoms with Gasteiger partial charge in [-0.3, -0.25) is 0 Å². The SMILES string of the molecule is CSCCN(C)c1ccc(C)cc1CN. The van der Waals surface area contributed by atoms with Gasteiger partial charge in [-0.1, -0.05) is 17.7 Å². The third-order valence-electron chi connectivity index (χ3n) is 2.50. The molecule has 1 aromatic carbocycles. The summed E-state index contributed by atoms with van der Waals surface area (Å²) < 4.78 is 0. The number of thioether (sulfide) groups is 1. The molecule has 0 saturated heterocycles. The van der Waals surface area contributed by atoms with Gasteiger partial charge in [0.05, 0.1) is 0 Å². The van der Waals surface area contributed by atoms with Crippen LogP contribution in [0.25, 0.3) is 0 Å². The Morgan fingerprint density at radius 3 is 2.73 bits per heavy atom. The third kappa shape index (κ3) is 3.43. The van der Waals surface area contributed by atoms with E-state index in [2.05, 4.69) is 43.3 Å². The molecule has 0 amide bonds. The van der Waals surface area contributed by atoms with Crippen molar-refractivity contribution in [1.29, 1.82) is 0 Å². The Kier molecular flexibility index (Phi) is 4.99. The van der Waals surface area contributed by atoms with Gasteiger partial charge in [-0.15, -0.1) is 0 Å². The normalized spacial score (nSPS) is 10.4. The van der Waals surface area contributed by atoms with Crippen molar-refractivity contribution in [3.8, 4) is 0 Å². The molecule has 15 heavy (non-hydrogen) atoms. The first-order chi connectivity index (χ1) is 7.19. The van der Waals surface area contributed by atoms with Crippen molar-refractivity contribution in [3.63, 3.8) is 0 Å². The molecular formula is C12H20N2S. The molecule has 1 rings (SSSR count). The van der Waals surface area contributed by atoms with Crippen molar-refractivity contribution in [3.05, 3.63) is 29.3 Å². The second kappa shape index (κ2) is 6.03. The largest absolute Gasteiger partial charge is 0.374 e. The Hall–Kier alpha value is -0.670. The zero-order chi connectivity index (χ0) is 11.3. The minimum Gasteiger partial charge on any atom is -0.374 e. The predicted molar refractivity (Wildman–Crippen MR) is 70.7 cm³/mol. The molecule has 0 heterocycles. The topological polar surface area (TPSA) is 29.3 Å². The molecule has 0 aliphatic rings. The molecule has 0 radical (unpaired) electrons. The van der Waals surface area contributed by atoms with E-state index in [1.165, 1.54) is 16.8 Å². The first-order valence-electron chi connectivity index (χ1n) is 5.18. The number of nitrogens with two attached hydrogens (primary N) is 1. The molecule has 84 valence electrons. The van der Waals surface area contributed by atoms with E-state index in [0.29, 0.717) is 6.54 Å². The fourth-order valence-electron chi connectivity index (χ4n) is 1.60. The number of benzene rings is 1. The van der Waals surface area contributed by atoms with Crippen LogP contribution in [0.5, 0.6) is 0 Å². The van der Waals surface area contributed by atoms with Crippen LogP contribution < -0.4 is 10.6 Å². The molecule has 0 aliphatic carbocycles. The van der Waals surface area contributed by atoms with Gasteiger partial charge in [0.1, 0.15) is 0 Å². The number of nitrogens with zero attached hydrogens (tertiary/aromatic N) is 1. The van der Waals surface area contributed by atoms with Crippen LogP contribution in [0.1, 0.15) is 11.1 Å². The van der Waals surface area contributed by atoms with Gasteiger partial charge in [-0.25, -0.2) is 0 Å². The highest BCUT2D eigenvalue weighted by Crippen LogP contribution is 2.20. The number of rotatable bonds is 5. The average molecular weight is 224 g/mol. The van der Waals surface area contributed by atoms with E-state index in [4.69, 9.17) is 5.73 Å². The average Bonchev–Trinajstić information content (AvgIpc) is 2.25. The van der Waals surface area contributed by atoms with Crippen LogP contribution in [0.3, 0.4) is 0 Å². The van der Waals surface area contributed by atoms with Crippen LogP contribution in [0.4, 0.5) is 5.69 Å². The summed E-state index contributed by atoms with van der Waals surface area (Å²) in [5.74, 6) is 1.15. The van der Waals surface area contributed by atoms with E-state index in [9.17, 15) is 0 Å². The maximum Gasteiger partial charge on any atom is 0.0409 e. The Balaban J connectivity index is 2.82. The van der Waals surface area contributed by atoms with Crippen LogP contribution in [0, 0.1) is 6.92 Å². The van der Waals surface area contributed by atoms with Gasteiger partial charge in [-0.2, -0.15) is 11.8 Å². The lowest BCUT2D eigenvalue weighted by atomic mass is 10.1. The van der Waals surface area contributed by atoms with Crippen LogP contribution in [-0.4, -0.2) is 25.6 Å². The highest BCUT2D eigenvalue weighted by molar-refractivity contribution is 7.98.